The van der Waals surface area contributed by atoms with Gasteiger partial charge in [-0.05, 0) is 44.1 Å². The number of piperidine rings is 1. The van der Waals surface area contributed by atoms with E-state index in [9.17, 15) is 4.79 Å². The average molecular weight is 328 g/mol. The largest absolute Gasteiger partial charge is 0.490 e. The second-order valence-electron chi connectivity index (χ2n) is 5.52. The molecule has 1 N–H and O–H groups in total. The van der Waals surface area contributed by atoms with E-state index in [1.807, 2.05) is 24.3 Å². The van der Waals surface area contributed by atoms with E-state index in [0.717, 1.165) is 31.7 Å². The SMILES string of the molecule is COC(=O)c1ccc(Oc2cccc(OC3CCNCC3)c2)nc1. The lowest BCUT2D eigenvalue weighted by atomic mass is 10.1. The minimum atomic E-state index is -0.425. The number of aromatic nitrogens is 1. The minimum absolute atomic E-state index is 0.235. The highest BCUT2D eigenvalue weighted by atomic mass is 16.5. The molecule has 0 radical (unpaired) electrons. The van der Waals surface area contributed by atoms with Crippen LogP contribution in [-0.4, -0.2) is 37.3 Å². The van der Waals surface area contributed by atoms with Gasteiger partial charge in [0.25, 0.3) is 0 Å². The maximum absolute atomic E-state index is 11.4. The van der Waals surface area contributed by atoms with Gasteiger partial charge in [0.2, 0.25) is 5.88 Å². The molecule has 2 aromatic rings. The molecular weight excluding hydrogens is 308 g/mol. The van der Waals surface area contributed by atoms with Crippen molar-refractivity contribution < 1.29 is 19.0 Å². The fourth-order valence-electron chi connectivity index (χ4n) is 2.52. The quantitative estimate of drug-likeness (QED) is 0.851. The minimum Gasteiger partial charge on any atom is -0.490 e. The summed E-state index contributed by atoms with van der Waals surface area (Å²) < 4.78 is 16.4. The predicted molar refractivity (Wildman–Crippen MR) is 88.6 cm³/mol. The number of pyridine rings is 1. The van der Waals surface area contributed by atoms with Crippen LogP contribution >= 0.6 is 0 Å². The van der Waals surface area contributed by atoms with E-state index < -0.39 is 5.97 Å². The Kier molecular flexibility index (Phi) is 5.28. The molecule has 0 unspecified atom stereocenters. The fraction of sp³-hybridized carbons (Fsp3) is 0.333. The van der Waals surface area contributed by atoms with E-state index >= 15 is 0 Å². The number of hydrogen-bond acceptors (Lipinski definition) is 6. The van der Waals surface area contributed by atoms with Crippen molar-refractivity contribution in [3.05, 3.63) is 48.2 Å². The summed E-state index contributed by atoms with van der Waals surface area (Å²) in [5.74, 6) is 1.40. The summed E-state index contributed by atoms with van der Waals surface area (Å²) in [5, 5.41) is 3.32. The zero-order chi connectivity index (χ0) is 16.8. The molecule has 6 heteroatoms. The first-order valence-corrected chi connectivity index (χ1v) is 7.94. The number of ether oxygens (including phenoxy) is 3. The van der Waals surface area contributed by atoms with Crippen LogP contribution in [0.15, 0.2) is 42.6 Å². The number of nitrogens with zero attached hydrogens (tertiary/aromatic N) is 1. The van der Waals surface area contributed by atoms with E-state index in [1.165, 1.54) is 13.3 Å². The van der Waals surface area contributed by atoms with Crippen LogP contribution in [0.4, 0.5) is 0 Å². The van der Waals surface area contributed by atoms with Crippen molar-refractivity contribution >= 4 is 5.97 Å². The maximum atomic E-state index is 11.4. The zero-order valence-corrected chi connectivity index (χ0v) is 13.5. The van der Waals surface area contributed by atoms with E-state index in [4.69, 9.17) is 9.47 Å². The molecule has 1 fully saturated rings. The van der Waals surface area contributed by atoms with Gasteiger partial charge in [0.1, 0.15) is 17.6 Å². The molecule has 126 valence electrons. The third kappa shape index (κ3) is 4.23. The van der Waals surface area contributed by atoms with Crippen LogP contribution in [0.3, 0.4) is 0 Å². The Labute approximate surface area is 140 Å². The number of hydrogen-bond donors (Lipinski definition) is 1. The Hall–Kier alpha value is -2.60. The highest BCUT2D eigenvalue weighted by molar-refractivity contribution is 5.88. The molecule has 2 heterocycles. The van der Waals surface area contributed by atoms with Crippen LogP contribution in [0.25, 0.3) is 0 Å². The second-order valence-corrected chi connectivity index (χ2v) is 5.52. The zero-order valence-electron chi connectivity index (χ0n) is 13.5. The van der Waals surface area contributed by atoms with Crippen LogP contribution in [0.1, 0.15) is 23.2 Å². The summed E-state index contributed by atoms with van der Waals surface area (Å²) in [7, 11) is 1.33. The van der Waals surface area contributed by atoms with E-state index in [-0.39, 0.29) is 6.10 Å². The molecule has 1 aromatic carbocycles. The Morgan fingerprint density at radius 2 is 1.96 bits per heavy atom. The third-order valence-electron chi connectivity index (χ3n) is 3.77. The van der Waals surface area contributed by atoms with Gasteiger partial charge in [-0.2, -0.15) is 0 Å². The lowest BCUT2D eigenvalue weighted by Gasteiger charge is -2.23. The van der Waals surface area contributed by atoms with Gasteiger partial charge in [-0.25, -0.2) is 9.78 Å². The van der Waals surface area contributed by atoms with Gasteiger partial charge in [0.15, 0.2) is 0 Å². The number of carbonyl (C=O) groups excluding carboxylic acids is 1. The van der Waals surface area contributed by atoms with Gasteiger partial charge >= 0.3 is 5.97 Å². The Balaban J connectivity index is 1.64. The van der Waals surface area contributed by atoms with Crippen molar-refractivity contribution in [2.75, 3.05) is 20.2 Å². The first-order chi connectivity index (χ1) is 11.7. The van der Waals surface area contributed by atoms with Crippen LogP contribution < -0.4 is 14.8 Å². The smallest absolute Gasteiger partial charge is 0.339 e. The average Bonchev–Trinajstić information content (AvgIpc) is 2.63. The summed E-state index contributed by atoms with van der Waals surface area (Å²) in [5.41, 5.74) is 0.382. The van der Waals surface area contributed by atoms with Crippen LogP contribution in [0, 0.1) is 0 Å². The number of nitrogens with one attached hydrogen (secondary N) is 1. The molecule has 1 aromatic heterocycles. The Morgan fingerprint density at radius 3 is 2.67 bits per heavy atom. The monoisotopic (exact) mass is 328 g/mol. The second kappa shape index (κ2) is 7.79. The van der Waals surface area contributed by atoms with E-state index in [2.05, 4.69) is 15.0 Å². The number of esters is 1. The van der Waals surface area contributed by atoms with Gasteiger partial charge in [-0.1, -0.05) is 6.07 Å². The van der Waals surface area contributed by atoms with E-state index in [0.29, 0.717) is 17.2 Å². The molecule has 0 atom stereocenters. The lowest BCUT2D eigenvalue weighted by molar-refractivity contribution is 0.0600. The van der Waals surface area contributed by atoms with Crippen molar-refractivity contribution in [3.63, 3.8) is 0 Å². The van der Waals surface area contributed by atoms with Crippen LogP contribution in [-0.2, 0) is 4.74 Å². The highest BCUT2D eigenvalue weighted by Gasteiger charge is 2.14. The molecule has 3 rings (SSSR count). The van der Waals surface area contributed by atoms with Crippen molar-refractivity contribution in [2.45, 2.75) is 18.9 Å². The molecule has 6 nitrogen and oxygen atoms in total. The molecule has 1 aliphatic rings. The summed E-state index contributed by atoms with van der Waals surface area (Å²) in [6, 6.07) is 10.7. The fourth-order valence-corrected chi connectivity index (χ4v) is 2.52. The Morgan fingerprint density at radius 1 is 1.17 bits per heavy atom. The van der Waals surface area contributed by atoms with Gasteiger partial charge in [0, 0.05) is 18.3 Å². The number of benzene rings is 1. The van der Waals surface area contributed by atoms with Gasteiger partial charge < -0.3 is 19.5 Å². The normalized spacial score (nSPS) is 14.9. The topological polar surface area (TPSA) is 69.7 Å². The molecule has 1 saturated heterocycles. The molecule has 0 spiro atoms. The van der Waals surface area contributed by atoms with Gasteiger partial charge in [-0.3, -0.25) is 0 Å². The van der Waals surface area contributed by atoms with Crippen LogP contribution in [0.2, 0.25) is 0 Å². The molecule has 0 saturated carbocycles. The highest BCUT2D eigenvalue weighted by Crippen LogP contribution is 2.25. The molecule has 1 aliphatic heterocycles. The molecule has 0 aliphatic carbocycles. The van der Waals surface area contributed by atoms with Crippen molar-refractivity contribution in [2.24, 2.45) is 0 Å². The number of rotatable bonds is 5. The molecule has 0 amide bonds. The summed E-state index contributed by atoms with van der Waals surface area (Å²) in [6.07, 6.45) is 3.67. The maximum Gasteiger partial charge on any atom is 0.339 e. The number of methoxy groups -OCH3 is 1. The summed E-state index contributed by atoms with van der Waals surface area (Å²) >= 11 is 0. The van der Waals surface area contributed by atoms with Crippen LogP contribution in [0.5, 0.6) is 17.4 Å². The third-order valence-corrected chi connectivity index (χ3v) is 3.77. The van der Waals surface area contributed by atoms with Gasteiger partial charge in [-0.15, -0.1) is 0 Å². The molecule has 0 bridgehead atoms. The molecular formula is C18H20N2O4. The van der Waals surface area contributed by atoms with Crippen molar-refractivity contribution in [1.82, 2.24) is 10.3 Å². The summed E-state index contributed by atoms with van der Waals surface area (Å²) in [6.45, 7) is 1.97. The summed E-state index contributed by atoms with van der Waals surface area (Å²) in [4.78, 5) is 15.5. The first-order valence-electron chi connectivity index (χ1n) is 7.94. The molecule has 24 heavy (non-hydrogen) atoms. The van der Waals surface area contributed by atoms with E-state index in [1.54, 1.807) is 12.1 Å². The first kappa shape index (κ1) is 16.3. The Bertz CT molecular complexity index is 682. The van der Waals surface area contributed by atoms with Crippen molar-refractivity contribution in [1.29, 1.82) is 0 Å². The van der Waals surface area contributed by atoms with Crippen molar-refractivity contribution in [3.8, 4) is 17.4 Å². The standard InChI is InChI=1S/C18H20N2O4/c1-22-18(21)13-5-6-17(20-12-13)24-16-4-2-3-15(11-16)23-14-7-9-19-10-8-14/h2-6,11-12,14,19H,7-10H2,1H3. The predicted octanol–water partition coefficient (Wildman–Crippen LogP) is 2.79. The number of carbonyl (C=O) groups is 1. The lowest BCUT2D eigenvalue weighted by Crippen LogP contribution is -2.34. The van der Waals surface area contributed by atoms with Gasteiger partial charge in [0.05, 0.1) is 12.7 Å².